The molecule has 1 aliphatic rings. The predicted octanol–water partition coefficient (Wildman–Crippen LogP) is 6.03. The van der Waals surface area contributed by atoms with Gasteiger partial charge in [0.25, 0.3) is 0 Å². The summed E-state index contributed by atoms with van der Waals surface area (Å²) >= 11 is 17.8. The van der Waals surface area contributed by atoms with Crippen molar-refractivity contribution >= 4 is 40.5 Å². The zero-order chi connectivity index (χ0) is 19.8. The number of hydrogen-bond donors (Lipinski definition) is 1. The van der Waals surface area contributed by atoms with Crippen molar-refractivity contribution in [1.29, 1.82) is 0 Å². The number of rotatable bonds is 4. The SMILES string of the molecule is CC(C)N1C(=S)N[C@H](c2ccccn2)[C@@H]1c1ccc(-c2ccc(Cl)c(Cl)c2)o1. The van der Waals surface area contributed by atoms with Crippen LogP contribution in [0.2, 0.25) is 10.0 Å². The van der Waals surface area contributed by atoms with E-state index < -0.39 is 0 Å². The van der Waals surface area contributed by atoms with E-state index in [1.54, 1.807) is 18.3 Å². The van der Waals surface area contributed by atoms with Crippen LogP contribution in [0, 0.1) is 0 Å². The highest BCUT2D eigenvalue weighted by Gasteiger charge is 2.42. The molecule has 7 heteroatoms. The lowest BCUT2D eigenvalue weighted by atomic mass is 10.0. The first-order chi connectivity index (χ1) is 13.5. The number of thiocarbonyl (C=S) groups is 1. The van der Waals surface area contributed by atoms with Gasteiger partial charge in [-0.2, -0.15) is 0 Å². The molecule has 4 nitrogen and oxygen atoms in total. The summed E-state index contributed by atoms with van der Waals surface area (Å²) < 4.78 is 6.26. The maximum Gasteiger partial charge on any atom is 0.170 e. The molecule has 0 radical (unpaired) electrons. The number of halogens is 2. The Morgan fingerprint density at radius 1 is 1.11 bits per heavy atom. The van der Waals surface area contributed by atoms with Crippen LogP contribution in [0.3, 0.4) is 0 Å². The molecule has 28 heavy (non-hydrogen) atoms. The van der Waals surface area contributed by atoms with E-state index in [0.29, 0.717) is 15.2 Å². The second-order valence-electron chi connectivity index (χ2n) is 6.96. The summed E-state index contributed by atoms with van der Waals surface area (Å²) in [5, 5.41) is 5.12. The summed E-state index contributed by atoms with van der Waals surface area (Å²) in [7, 11) is 0. The third-order valence-electron chi connectivity index (χ3n) is 4.81. The van der Waals surface area contributed by atoms with Crippen molar-refractivity contribution in [2.75, 3.05) is 0 Å². The van der Waals surface area contributed by atoms with Crippen molar-refractivity contribution in [3.8, 4) is 11.3 Å². The lowest BCUT2D eigenvalue weighted by molar-refractivity contribution is 0.237. The summed E-state index contributed by atoms with van der Waals surface area (Å²) in [4.78, 5) is 6.69. The average molecular weight is 432 g/mol. The topological polar surface area (TPSA) is 41.3 Å². The molecule has 3 aromatic rings. The van der Waals surface area contributed by atoms with Crippen LogP contribution in [0.4, 0.5) is 0 Å². The first-order valence-corrected chi connectivity index (χ1v) is 10.2. The normalized spacial score (nSPS) is 19.3. The molecule has 2 aromatic heterocycles. The fourth-order valence-corrected chi connectivity index (χ4v) is 4.29. The molecule has 0 saturated carbocycles. The van der Waals surface area contributed by atoms with Crippen molar-refractivity contribution in [1.82, 2.24) is 15.2 Å². The number of hydrogen-bond acceptors (Lipinski definition) is 3. The minimum Gasteiger partial charge on any atom is -0.459 e. The van der Waals surface area contributed by atoms with Crippen molar-refractivity contribution in [2.24, 2.45) is 0 Å². The molecule has 1 saturated heterocycles. The molecule has 1 fully saturated rings. The number of pyridine rings is 1. The number of benzene rings is 1. The van der Waals surface area contributed by atoms with Gasteiger partial charge in [-0.05, 0) is 68.5 Å². The maximum absolute atomic E-state index is 6.26. The third-order valence-corrected chi connectivity index (χ3v) is 5.88. The smallest absolute Gasteiger partial charge is 0.170 e. The van der Waals surface area contributed by atoms with Gasteiger partial charge in [0, 0.05) is 17.8 Å². The molecule has 0 bridgehead atoms. The largest absolute Gasteiger partial charge is 0.459 e. The van der Waals surface area contributed by atoms with Gasteiger partial charge >= 0.3 is 0 Å². The highest BCUT2D eigenvalue weighted by atomic mass is 35.5. The standard InChI is InChI=1S/C21H19Cl2N3OS/c1-12(2)26-20(19(25-21(26)28)16-5-3-4-10-24-16)18-9-8-17(27-18)13-6-7-14(22)15(23)11-13/h3-12,19-20H,1-2H3,(H,25,28)/t19-,20+/m1/s1. The number of nitrogens with one attached hydrogen (secondary N) is 1. The highest BCUT2D eigenvalue weighted by molar-refractivity contribution is 7.80. The maximum atomic E-state index is 6.26. The molecule has 0 amide bonds. The number of nitrogens with zero attached hydrogens (tertiary/aromatic N) is 2. The minimum atomic E-state index is -0.0982. The summed E-state index contributed by atoms with van der Waals surface area (Å²) in [6.45, 7) is 4.23. The highest BCUT2D eigenvalue weighted by Crippen LogP contribution is 2.41. The van der Waals surface area contributed by atoms with Gasteiger partial charge < -0.3 is 14.6 Å². The monoisotopic (exact) mass is 431 g/mol. The van der Waals surface area contributed by atoms with E-state index in [9.17, 15) is 0 Å². The average Bonchev–Trinajstić information content (AvgIpc) is 3.29. The lowest BCUT2D eigenvalue weighted by Crippen LogP contribution is -2.35. The Labute approximate surface area is 179 Å². The van der Waals surface area contributed by atoms with Gasteiger partial charge in [0.1, 0.15) is 17.6 Å². The van der Waals surface area contributed by atoms with Crippen molar-refractivity contribution < 1.29 is 4.42 Å². The molecule has 0 unspecified atom stereocenters. The van der Waals surface area contributed by atoms with Crippen LogP contribution in [-0.2, 0) is 0 Å². The van der Waals surface area contributed by atoms with Gasteiger partial charge in [0.05, 0.1) is 21.8 Å². The molecule has 1 aliphatic heterocycles. The van der Waals surface area contributed by atoms with E-state index in [1.807, 2.05) is 36.4 Å². The number of aromatic nitrogens is 1. The van der Waals surface area contributed by atoms with Crippen LogP contribution >= 0.6 is 35.4 Å². The van der Waals surface area contributed by atoms with E-state index in [1.165, 1.54) is 0 Å². The van der Waals surface area contributed by atoms with Crippen molar-refractivity contribution in [2.45, 2.75) is 32.0 Å². The summed E-state index contributed by atoms with van der Waals surface area (Å²) in [5.74, 6) is 1.55. The van der Waals surface area contributed by atoms with Crippen LogP contribution in [-0.4, -0.2) is 21.0 Å². The van der Waals surface area contributed by atoms with Crippen LogP contribution in [0.15, 0.2) is 59.1 Å². The van der Waals surface area contributed by atoms with Gasteiger partial charge in [0.2, 0.25) is 0 Å². The van der Waals surface area contributed by atoms with E-state index >= 15 is 0 Å². The second kappa shape index (κ2) is 7.74. The van der Waals surface area contributed by atoms with Crippen LogP contribution < -0.4 is 5.32 Å². The molecule has 1 N–H and O–H groups in total. The molecule has 144 valence electrons. The Morgan fingerprint density at radius 3 is 2.61 bits per heavy atom. The molecule has 3 heterocycles. The molecular weight excluding hydrogens is 413 g/mol. The van der Waals surface area contributed by atoms with E-state index in [0.717, 1.165) is 22.8 Å². The summed E-state index contributed by atoms with van der Waals surface area (Å²) in [5.41, 5.74) is 1.80. The molecule has 4 rings (SSSR count). The Kier molecular flexibility index (Phi) is 5.32. The van der Waals surface area contributed by atoms with Crippen LogP contribution in [0.25, 0.3) is 11.3 Å². The summed E-state index contributed by atoms with van der Waals surface area (Å²) in [6, 6.07) is 15.3. The van der Waals surface area contributed by atoms with Crippen LogP contribution in [0.5, 0.6) is 0 Å². The minimum absolute atomic E-state index is 0.0936. The Morgan fingerprint density at radius 2 is 1.93 bits per heavy atom. The molecular formula is C21H19Cl2N3OS. The Hall–Kier alpha value is -2.08. The van der Waals surface area contributed by atoms with Crippen LogP contribution in [0.1, 0.15) is 37.4 Å². The first kappa shape index (κ1) is 19.2. The first-order valence-electron chi connectivity index (χ1n) is 9.00. The summed E-state index contributed by atoms with van der Waals surface area (Å²) in [6.07, 6.45) is 1.79. The molecule has 1 aromatic carbocycles. The van der Waals surface area contributed by atoms with Crippen molar-refractivity contribution in [3.63, 3.8) is 0 Å². The molecule has 0 spiro atoms. The zero-order valence-corrected chi connectivity index (χ0v) is 17.7. The van der Waals surface area contributed by atoms with E-state index in [2.05, 4.69) is 29.0 Å². The number of furan rings is 1. The molecule has 0 aliphatic carbocycles. The van der Waals surface area contributed by atoms with Gasteiger partial charge in [-0.25, -0.2) is 0 Å². The van der Waals surface area contributed by atoms with Gasteiger partial charge in [-0.3, -0.25) is 4.98 Å². The Balaban J connectivity index is 1.74. The molecule has 2 atom stereocenters. The fourth-order valence-electron chi connectivity index (χ4n) is 3.54. The lowest BCUT2D eigenvalue weighted by Gasteiger charge is -2.29. The second-order valence-corrected chi connectivity index (χ2v) is 8.16. The predicted molar refractivity (Wildman–Crippen MR) is 117 cm³/mol. The van der Waals surface area contributed by atoms with E-state index in [4.69, 9.17) is 39.8 Å². The Bertz CT molecular complexity index is 1010. The van der Waals surface area contributed by atoms with Gasteiger partial charge in [-0.1, -0.05) is 29.3 Å². The van der Waals surface area contributed by atoms with Gasteiger partial charge in [0.15, 0.2) is 5.11 Å². The van der Waals surface area contributed by atoms with E-state index in [-0.39, 0.29) is 18.1 Å². The quantitative estimate of drug-likeness (QED) is 0.510. The third kappa shape index (κ3) is 3.50. The fraction of sp³-hybridized carbons (Fsp3) is 0.238. The van der Waals surface area contributed by atoms with Gasteiger partial charge in [-0.15, -0.1) is 0 Å². The van der Waals surface area contributed by atoms with Crippen molar-refractivity contribution in [3.05, 3.63) is 76.2 Å². The zero-order valence-electron chi connectivity index (χ0n) is 15.4.